The molecule has 4 nitrogen and oxygen atoms in total. The Hall–Kier alpha value is -2.14. The molecule has 0 bridgehead atoms. The molecule has 2 aromatic heterocycles. The number of aromatic nitrogens is 3. The molecule has 2 aromatic carbocycles. The van der Waals surface area contributed by atoms with Gasteiger partial charge in [-0.1, -0.05) is 38.1 Å². The SMILES string of the molecule is CC(C)(C)Cn1nnc2c(Br)c(-c3ccc4occc4c3)ccc21. The zero-order valence-corrected chi connectivity index (χ0v) is 15.5. The van der Waals surface area contributed by atoms with Crippen LogP contribution in [-0.2, 0) is 6.54 Å². The minimum Gasteiger partial charge on any atom is -0.464 e. The molecular formula is C19H18BrN3O. The molecule has 4 aromatic rings. The molecule has 4 rings (SSSR count). The van der Waals surface area contributed by atoms with E-state index in [0.717, 1.165) is 44.1 Å². The topological polar surface area (TPSA) is 43.9 Å². The van der Waals surface area contributed by atoms with Crippen LogP contribution in [0.5, 0.6) is 0 Å². The minimum absolute atomic E-state index is 0.151. The highest BCUT2D eigenvalue weighted by molar-refractivity contribution is 9.10. The van der Waals surface area contributed by atoms with E-state index >= 15 is 0 Å². The van der Waals surface area contributed by atoms with Gasteiger partial charge in [-0.25, -0.2) is 4.68 Å². The summed E-state index contributed by atoms with van der Waals surface area (Å²) < 4.78 is 8.37. The highest BCUT2D eigenvalue weighted by Gasteiger charge is 2.17. The van der Waals surface area contributed by atoms with Crippen LogP contribution in [0.25, 0.3) is 33.1 Å². The van der Waals surface area contributed by atoms with Gasteiger partial charge in [0.2, 0.25) is 0 Å². The van der Waals surface area contributed by atoms with Crippen LogP contribution in [0.4, 0.5) is 0 Å². The number of fused-ring (bicyclic) bond motifs is 2. The molecule has 0 saturated heterocycles. The van der Waals surface area contributed by atoms with Gasteiger partial charge in [0.05, 0.1) is 16.3 Å². The molecule has 0 spiro atoms. The van der Waals surface area contributed by atoms with E-state index in [1.165, 1.54) is 0 Å². The maximum atomic E-state index is 5.42. The van der Waals surface area contributed by atoms with Gasteiger partial charge in [-0.2, -0.15) is 0 Å². The van der Waals surface area contributed by atoms with Crippen molar-refractivity contribution in [2.45, 2.75) is 27.3 Å². The Morgan fingerprint density at radius 1 is 1.12 bits per heavy atom. The molecule has 0 aliphatic heterocycles. The van der Waals surface area contributed by atoms with Crippen LogP contribution in [0.2, 0.25) is 0 Å². The van der Waals surface area contributed by atoms with E-state index in [4.69, 9.17) is 4.42 Å². The summed E-state index contributed by atoms with van der Waals surface area (Å²) in [6, 6.07) is 12.4. The molecule has 0 saturated carbocycles. The number of hydrogen-bond donors (Lipinski definition) is 0. The summed E-state index contributed by atoms with van der Waals surface area (Å²) in [5.74, 6) is 0. The van der Waals surface area contributed by atoms with Crippen molar-refractivity contribution in [3.63, 3.8) is 0 Å². The van der Waals surface area contributed by atoms with E-state index in [0.29, 0.717) is 0 Å². The first-order valence-corrected chi connectivity index (χ1v) is 8.71. The highest BCUT2D eigenvalue weighted by Crippen LogP contribution is 2.35. The van der Waals surface area contributed by atoms with Crippen molar-refractivity contribution in [2.75, 3.05) is 0 Å². The maximum Gasteiger partial charge on any atom is 0.133 e. The van der Waals surface area contributed by atoms with Crippen LogP contribution in [0.1, 0.15) is 20.8 Å². The summed E-state index contributed by atoms with van der Waals surface area (Å²) in [7, 11) is 0. The maximum absolute atomic E-state index is 5.42. The monoisotopic (exact) mass is 383 g/mol. The molecule has 0 fully saturated rings. The fourth-order valence-electron chi connectivity index (χ4n) is 2.93. The van der Waals surface area contributed by atoms with Crippen LogP contribution in [0.3, 0.4) is 0 Å². The lowest BCUT2D eigenvalue weighted by atomic mass is 9.97. The Morgan fingerprint density at radius 3 is 2.75 bits per heavy atom. The molecule has 0 amide bonds. The number of rotatable bonds is 2. The first-order chi connectivity index (χ1) is 11.4. The number of nitrogens with zero attached hydrogens (tertiary/aromatic N) is 3. The fourth-order valence-corrected chi connectivity index (χ4v) is 3.57. The quantitative estimate of drug-likeness (QED) is 0.448. The van der Waals surface area contributed by atoms with Gasteiger partial charge in [0, 0.05) is 11.9 Å². The van der Waals surface area contributed by atoms with Crippen molar-refractivity contribution in [2.24, 2.45) is 5.41 Å². The van der Waals surface area contributed by atoms with Crippen molar-refractivity contribution >= 4 is 37.9 Å². The molecule has 0 radical (unpaired) electrons. The second kappa shape index (κ2) is 5.45. The average Bonchev–Trinajstić information content (AvgIpc) is 3.13. The van der Waals surface area contributed by atoms with E-state index in [9.17, 15) is 0 Å². The van der Waals surface area contributed by atoms with E-state index < -0.39 is 0 Å². The molecule has 5 heteroatoms. The summed E-state index contributed by atoms with van der Waals surface area (Å²) in [6.07, 6.45) is 1.71. The van der Waals surface area contributed by atoms with Gasteiger partial charge in [0.1, 0.15) is 11.1 Å². The Labute approximate surface area is 148 Å². The van der Waals surface area contributed by atoms with Crippen LogP contribution in [0.15, 0.2) is 51.6 Å². The minimum atomic E-state index is 0.151. The molecule has 2 heterocycles. The molecule has 0 unspecified atom stereocenters. The summed E-state index contributed by atoms with van der Waals surface area (Å²) >= 11 is 3.73. The molecule has 0 aliphatic rings. The average molecular weight is 384 g/mol. The third-order valence-corrected chi connectivity index (χ3v) is 4.82. The van der Waals surface area contributed by atoms with Crippen LogP contribution < -0.4 is 0 Å². The van der Waals surface area contributed by atoms with Gasteiger partial charge < -0.3 is 4.42 Å². The second-order valence-corrected chi connectivity index (χ2v) is 8.07. The van der Waals surface area contributed by atoms with Gasteiger partial charge in [0.25, 0.3) is 0 Å². The largest absolute Gasteiger partial charge is 0.464 e. The number of benzene rings is 2. The Kier molecular flexibility index (Phi) is 3.49. The summed E-state index contributed by atoms with van der Waals surface area (Å²) in [5, 5.41) is 9.82. The molecule has 122 valence electrons. The van der Waals surface area contributed by atoms with Gasteiger partial charge >= 0.3 is 0 Å². The normalized spacial score (nSPS) is 12.3. The molecule has 0 N–H and O–H groups in total. The highest BCUT2D eigenvalue weighted by atomic mass is 79.9. The fraction of sp³-hybridized carbons (Fsp3) is 0.263. The predicted octanol–water partition coefficient (Wildman–Crippen LogP) is 5.65. The summed E-state index contributed by atoms with van der Waals surface area (Å²) in [6.45, 7) is 7.43. The zero-order valence-electron chi connectivity index (χ0n) is 13.9. The first-order valence-electron chi connectivity index (χ1n) is 7.92. The Bertz CT molecular complexity index is 1040. The number of halogens is 1. The summed E-state index contributed by atoms with van der Waals surface area (Å²) in [4.78, 5) is 0. The smallest absolute Gasteiger partial charge is 0.133 e. The third kappa shape index (κ3) is 2.63. The predicted molar refractivity (Wildman–Crippen MR) is 99.9 cm³/mol. The van der Waals surface area contributed by atoms with E-state index in [1.54, 1.807) is 6.26 Å². The number of hydrogen-bond acceptors (Lipinski definition) is 3. The van der Waals surface area contributed by atoms with Gasteiger partial charge in [0.15, 0.2) is 0 Å². The first kappa shape index (κ1) is 15.4. The van der Waals surface area contributed by atoms with Gasteiger partial charge in [-0.3, -0.25) is 0 Å². The summed E-state index contributed by atoms with van der Waals surface area (Å²) in [5.41, 5.74) is 5.22. The van der Waals surface area contributed by atoms with Crippen molar-refractivity contribution in [3.8, 4) is 11.1 Å². The van der Waals surface area contributed by atoms with Crippen molar-refractivity contribution in [1.29, 1.82) is 0 Å². The lowest BCUT2D eigenvalue weighted by Gasteiger charge is -2.18. The lowest BCUT2D eigenvalue weighted by Crippen LogP contribution is -2.16. The van der Waals surface area contributed by atoms with E-state index in [2.05, 4.69) is 71.3 Å². The van der Waals surface area contributed by atoms with Crippen molar-refractivity contribution in [1.82, 2.24) is 15.0 Å². The molecule has 0 aliphatic carbocycles. The molecule has 24 heavy (non-hydrogen) atoms. The van der Waals surface area contributed by atoms with Crippen LogP contribution in [-0.4, -0.2) is 15.0 Å². The Morgan fingerprint density at radius 2 is 1.96 bits per heavy atom. The lowest BCUT2D eigenvalue weighted by molar-refractivity contribution is 0.327. The standard InChI is InChI=1S/C19H18BrN3O/c1-19(2,3)11-23-15-6-5-14(17(20)18(15)21-22-23)12-4-7-16-13(10-12)8-9-24-16/h4-10H,11H2,1-3H3. The van der Waals surface area contributed by atoms with Crippen molar-refractivity contribution in [3.05, 3.63) is 47.1 Å². The Balaban J connectivity index is 1.84. The molecule has 0 atom stereocenters. The van der Waals surface area contributed by atoms with E-state index in [-0.39, 0.29) is 5.41 Å². The number of furan rings is 1. The molecular weight excluding hydrogens is 366 g/mol. The van der Waals surface area contributed by atoms with Gasteiger partial charge in [-0.15, -0.1) is 5.10 Å². The third-order valence-electron chi connectivity index (χ3n) is 4.01. The van der Waals surface area contributed by atoms with Crippen LogP contribution in [0, 0.1) is 5.41 Å². The second-order valence-electron chi connectivity index (χ2n) is 7.28. The van der Waals surface area contributed by atoms with E-state index in [1.807, 2.05) is 16.8 Å². The van der Waals surface area contributed by atoms with Gasteiger partial charge in [-0.05, 0) is 56.7 Å². The van der Waals surface area contributed by atoms with Crippen LogP contribution >= 0.6 is 15.9 Å². The van der Waals surface area contributed by atoms with Crippen molar-refractivity contribution < 1.29 is 4.42 Å². The zero-order chi connectivity index (χ0) is 16.9.